The molecule has 1 aliphatic heterocycles. The summed E-state index contributed by atoms with van der Waals surface area (Å²) in [7, 11) is -0.376. The van der Waals surface area contributed by atoms with E-state index in [1.54, 1.807) is 24.6 Å². The van der Waals surface area contributed by atoms with Gasteiger partial charge < -0.3 is 14.2 Å². The second kappa shape index (κ2) is 12.2. The molecule has 0 N–H and O–H groups in total. The molecule has 1 fully saturated rings. The van der Waals surface area contributed by atoms with Crippen LogP contribution in [0, 0.1) is 0 Å². The molecule has 180 valence electrons. The molecule has 3 rings (SSSR count). The van der Waals surface area contributed by atoms with Gasteiger partial charge in [0.1, 0.15) is 11.5 Å². The van der Waals surface area contributed by atoms with E-state index < -0.39 is 15.3 Å². The molecule has 0 radical (unpaired) electrons. The number of hydrogen-bond acceptors (Lipinski definition) is 5. The summed E-state index contributed by atoms with van der Waals surface area (Å²) in [6.45, 7) is 5.08. The van der Waals surface area contributed by atoms with E-state index in [0.717, 1.165) is 35.5 Å². The first-order chi connectivity index (χ1) is 16.0. The SMILES string of the molecule is C=CCCC(C[C@H]1CCCO1)S(=O)(=O)N(Cc1ccc(OC)cc1)Cc1ccc(OC)cc1. The van der Waals surface area contributed by atoms with Crippen molar-refractivity contribution in [2.75, 3.05) is 20.8 Å². The van der Waals surface area contributed by atoms with Crippen molar-refractivity contribution in [3.05, 3.63) is 72.3 Å². The average molecular weight is 474 g/mol. The summed E-state index contributed by atoms with van der Waals surface area (Å²) in [5.74, 6) is 1.48. The zero-order valence-electron chi connectivity index (χ0n) is 19.6. The normalized spacial score (nSPS) is 17.1. The van der Waals surface area contributed by atoms with Gasteiger partial charge in [0, 0.05) is 19.7 Å². The highest BCUT2D eigenvalue weighted by atomic mass is 32.2. The minimum atomic E-state index is -3.61. The smallest absolute Gasteiger partial charge is 0.217 e. The summed E-state index contributed by atoms with van der Waals surface area (Å²) >= 11 is 0. The summed E-state index contributed by atoms with van der Waals surface area (Å²) in [5, 5.41) is -0.518. The molecule has 1 unspecified atom stereocenters. The lowest BCUT2D eigenvalue weighted by Crippen LogP contribution is -2.39. The zero-order chi connectivity index (χ0) is 23.7. The van der Waals surface area contributed by atoms with Gasteiger partial charge in [-0.25, -0.2) is 8.42 Å². The highest BCUT2D eigenvalue weighted by Crippen LogP contribution is 2.28. The average Bonchev–Trinajstić information content (AvgIpc) is 3.35. The van der Waals surface area contributed by atoms with E-state index in [4.69, 9.17) is 14.2 Å². The Morgan fingerprint density at radius 2 is 1.58 bits per heavy atom. The number of sulfonamides is 1. The lowest BCUT2D eigenvalue weighted by Gasteiger charge is -2.29. The number of nitrogens with zero attached hydrogens (tertiary/aromatic N) is 1. The van der Waals surface area contributed by atoms with Crippen molar-refractivity contribution in [3.63, 3.8) is 0 Å². The molecule has 0 amide bonds. The largest absolute Gasteiger partial charge is 0.497 e. The monoisotopic (exact) mass is 473 g/mol. The standard InChI is InChI=1S/C26H35NO5S/c1-4-5-8-26(18-25-7-6-17-32-25)33(28,29)27(19-21-9-13-23(30-2)14-10-21)20-22-11-15-24(31-3)16-12-22/h4,9-16,25-26H,1,5-8,17-20H2,2-3H3/t25-,26?/m1/s1. The predicted molar refractivity (Wildman–Crippen MR) is 131 cm³/mol. The zero-order valence-corrected chi connectivity index (χ0v) is 20.4. The third-order valence-electron chi connectivity index (χ3n) is 6.06. The maximum Gasteiger partial charge on any atom is 0.217 e. The molecule has 1 saturated heterocycles. The van der Waals surface area contributed by atoms with Crippen molar-refractivity contribution in [3.8, 4) is 11.5 Å². The van der Waals surface area contributed by atoms with Crippen LogP contribution in [0.15, 0.2) is 61.2 Å². The molecule has 1 heterocycles. The van der Waals surface area contributed by atoms with Crippen molar-refractivity contribution in [1.82, 2.24) is 4.31 Å². The number of hydrogen-bond donors (Lipinski definition) is 0. The van der Waals surface area contributed by atoms with E-state index in [1.165, 1.54) is 0 Å². The number of benzene rings is 2. The fourth-order valence-corrected chi connectivity index (χ4v) is 6.10. The maximum absolute atomic E-state index is 14.0. The van der Waals surface area contributed by atoms with Crippen LogP contribution >= 0.6 is 0 Å². The fourth-order valence-electron chi connectivity index (χ4n) is 4.13. The van der Waals surface area contributed by atoms with Gasteiger partial charge in [-0.3, -0.25) is 0 Å². The molecule has 7 heteroatoms. The van der Waals surface area contributed by atoms with Gasteiger partial charge >= 0.3 is 0 Å². The lowest BCUT2D eigenvalue weighted by molar-refractivity contribution is 0.102. The van der Waals surface area contributed by atoms with Crippen LogP contribution in [0.3, 0.4) is 0 Å². The van der Waals surface area contributed by atoms with Gasteiger partial charge in [-0.15, -0.1) is 6.58 Å². The number of ether oxygens (including phenoxy) is 3. The van der Waals surface area contributed by atoms with Gasteiger partial charge in [0.2, 0.25) is 10.0 Å². The first-order valence-corrected chi connectivity index (χ1v) is 12.9. The fraction of sp³-hybridized carbons (Fsp3) is 0.462. The second-order valence-electron chi connectivity index (χ2n) is 8.37. The Bertz CT molecular complexity index is 917. The first kappa shape index (κ1) is 25.3. The molecular formula is C26H35NO5S. The lowest BCUT2D eigenvalue weighted by atomic mass is 10.1. The van der Waals surface area contributed by atoms with Gasteiger partial charge in [0.15, 0.2) is 0 Å². The van der Waals surface area contributed by atoms with Crippen LogP contribution in [-0.4, -0.2) is 44.9 Å². The van der Waals surface area contributed by atoms with Crippen LogP contribution in [0.5, 0.6) is 11.5 Å². The number of allylic oxidation sites excluding steroid dienone is 1. The summed E-state index contributed by atoms with van der Waals surface area (Å²) in [4.78, 5) is 0. The summed E-state index contributed by atoms with van der Waals surface area (Å²) in [5.41, 5.74) is 1.82. The highest BCUT2D eigenvalue weighted by molar-refractivity contribution is 7.89. The topological polar surface area (TPSA) is 65.1 Å². The van der Waals surface area contributed by atoms with Crippen molar-refractivity contribution < 1.29 is 22.6 Å². The van der Waals surface area contributed by atoms with E-state index in [-0.39, 0.29) is 19.2 Å². The van der Waals surface area contributed by atoms with E-state index >= 15 is 0 Å². The molecule has 0 bridgehead atoms. The molecular weight excluding hydrogens is 438 g/mol. The predicted octanol–water partition coefficient (Wildman–Crippen LogP) is 4.94. The number of rotatable bonds is 13. The van der Waals surface area contributed by atoms with E-state index in [2.05, 4.69) is 6.58 Å². The molecule has 33 heavy (non-hydrogen) atoms. The summed E-state index contributed by atoms with van der Waals surface area (Å²) in [6.07, 6.45) is 5.38. The molecule has 6 nitrogen and oxygen atoms in total. The molecule has 0 aromatic heterocycles. The Balaban J connectivity index is 1.89. The molecule has 0 saturated carbocycles. The molecule has 2 atom stereocenters. The van der Waals surface area contributed by atoms with Gasteiger partial charge in [-0.05, 0) is 67.5 Å². The minimum Gasteiger partial charge on any atom is -0.497 e. The van der Waals surface area contributed by atoms with Crippen molar-refractivity contribution in [2.45, 2.75) is 56.5 Å². The van der Waals surface area contributed by atoms with Crippen LogP contribution in [0.4, 0.5) is 0 Å². The van der Waals surface area contributed by atoms with E-state index in [0.29, 0.717) is 25.9 Å². The highest BCUT2D eigenvalue weighted by Gasteiger charge is 2.34. The Morgan fingerprint density at radius 3 is 2.00 bits per heavy atom. The van der Waals surface area contributed by atoms with Crippen LogP contribution in [0.2, 0.25) is 0 Å². The number of methoxy groups -OCH3 is 2. The molecule has 2 aromatic carbocycles. The molecule has 1 aliphatic rings. The Kier molecular flexibility index (Phi) is 9.35. The van der Waals surface area contributed by atoms with Crippen LogP contribution in [0.25, 0.3) is 0 Å². The Hall–Kier alpha value is -2.35. The first-order valence-electron chi connectivity index (χ1n) is 11.4. The van der Waals surface area contributed by atoms with Crippen LogP contribution in [0.1, 0.15) is 43.2 Å². The summed E-state index contributed by atoms with van der Waals surface area (Å²) < 4.78 is 45.8. The van der Waals surface area contributed by atoms with Crippen LogP contribution in [-0.2, 0) is 27.8 Å². The van der Waals surface area contributed by atoms with Gasteiger partial charge in [0.05, 0.1) is 25.6 Å². The van der Waals surface area contributed by atoms with Gasteiger partial charge in [0.25, 0.3) is 0 Å². The molecule has 0 spiro atoms. The van der Waals surface area contributed by atoms with Crippen molar-refractivity contribution in [2.24, 2.45) is 0 Å². The second-order valence-corrected chi connectivity index (χ2v) is 10.6. The maximum atomic E-state index is 14.0. The van der Waals surface area contributed by atoms with Gasteiger partial charge in [-0.1, -0.05) is 30.3 Å². The Morgan fingerprint density at radius 1 is 1.03 bits per heavy atom. The third-order valence-corrected chi connectivity index (χ3v) is 8.31. The van der Waals surface area contributed by atoms with E-state index in [1.807, 2.05) is 48.5 Å². The minimum absolute atomic E-state index is 0.00147. The van der Waals surface area contributed by atoms with E-state index in [9.17, 15) is 8.42 Å². The van der Waals surface area contributed by atoms with Crippen molar-refractivity contribution >= 4 is 10.0 Å². The quantitative estimate of drug-likeness (QED) is 0.386. The molecule has 0 aliphatic carbocycles. The molecule has 2 aromatic rings. The van der Waals surface area contributed by atoms with Crippen LogP contribution < -0.4 is 9.47 Å². The van der Waals surface area contributed by atoms with Gasteiger partial charge in [-0.2, -0.15) is 4.31 Å². The Labute approximate surface area is 198 Å². The van der Waals surface area contributed by atoms with Crippen molar-refractivity contribution in [1.29, 1.82) is 0 Å². The third kappa shape index (κ3) is 7.06. The summed E-state index contributed by atoms with van der Waals surface area (Å²) in [6, 6.07) is 15.1.